The van der Waals surface area contributed by atoms with Crippen molar-refractivity contribution in [3.05, 3.63) is 35.4 Å². The quantitative estimate of drug-likeness (QED) is 0.593. The molecule has 1 aromatic rings. The highest BCUT2D eigenvalue weighted by atomic mass is 16.3. The Labute approximate surface area is 55.0 Å². The van der Waals surface area contributed by atoms with E-state index in [2.05, 4.69) is 6.07 Å². The summed E-state index contributed by atoms with van der Waals surface area (Å²) in [6.07, 6.45) is 0. The van der Waals surface area contributed by atoms with Crippen LogP contribution in [-0.4, -0.2) is 5.11 Å². The molecule has 1 N–H and O–H groups in total. The van der Waals surface area contributed by atoms with E-state index >= 15 is 0 Å². The lowest BCUT2D eigenvalue weighted by atomic mass is 10.2. The lowest BCUT2D eigenvalue weighted by molar-refractivity contribution is 0.282. The monoisotopic (exact) mass is 121 g/mol. The van der Waals surface area contributed by atoms with Crippen LogP contribution >= 0.6 is 0 Å². The van der Waals surface area contributed by atoms with Gasteiger partial charge in [-0.1, -0.05) is 12.1 Å². The molecule has 0 aromatic heterocycles. The molecule has 0 saturated heterocycles. The molecule has 47 valence electrons. The number of hydrogen-bond acceptors (Lipinski definition) is 1. The SMILES string of the molecule is Cc1[c]cc(CO)cc1. The molecule has 0 aliphatic rings. The van der Waals surface area contributed by atoms with Crippen LogP contribution in [0.5, 0.6) is 0 Å². The molecule has 0 saturated carbocycles. The van der Waals surface area contributed by atoms with E-state index in [0.29, 0.717) is 0 Å². The third-order valence-electron chi connectivity index (χ3n) is 1.22. The van der Waals surface area contributed by atoms with Gasteiger partial charge in [-0.25, -0.2) is 0 Å². The van der Waals surface area contributed by atoms with Gasteiger partial charge >= 0.3 is 0 Å². The maximum Gasteiger partial charge on any atom is 0.0682 e. The van der Waals surface area contributed by atoms with Gasteiger partial charge in [-0.15, -0.1) is 0 Å². The Balaban J connectivity index is 2.88. The Morgan fingerprint density at radius 2 is 2.33 bits per heavy atom. The van der Waals surface area contributed by atoms with Gasteiger partial charge in [0, 0.05) is 0 Å². The highest BCUT2D eigenvalue weighted by molar-refractivity contribution is 5.18. The predicted molar refractivity (Wildman–Crippen MR) is 35.9 cm³/mol. The number of benzene rings is 1. The third kappa shape index (κ3) is 1.54. The fraction of sp³-hybridized carbons (Fsp3) is 0.250. The summed E-state index contributed by atoms with van der Waals surface area (Å²) in [5, 5.41) is 8.61. The minimum absolute atomic E-state index is 0.108. The van der Waals surface area contributed by atoms with Gasteiger partial charge in [-0.05, 0) is 30.2 Å². The second-order valence-corrected chi connectivity index (χ2v) is 2.04. The van der Waals surface area contributed by atoms with Crippen LogP contribution in [0, 0.1) is 13.0 Å². The molecule has 0 aliphatic carbocycles. The average Bonchev–Trinajstić information content (AvgIpc) is 1.90. The largest absolute Gasteiger partial charge is 0.392 e. The summed E-state index contributed by atoms with van der Waals surface area (Å²) in [5.41, 5.74) is 2.02. The fourth-order valence-corrected chi connectivity index (χ4v) is 0.633. The minimum Gasteiger partial charge on any atom is -0.392 e. The summed E-state index contributed by atoms with van der Waals surface area (Å²) in [5.74, 6) is 0. The smallest absolute Gasteiger partial charge is 0.0682 e. The van der Waals surface area contributed by atoms with Crippen molar-refractivity contribution in [2.45, 2.75) is 13.5 Å². The van der Waals surface area contributed by atoms with E-state index in [0.717, 1.165) is 11.1 Å². The van der Waals surface area contributed by atoms with Gasteiger partial charge in [-0.3, -0.25) is 0 Å². The van der Waals surface area contributed by atoms with Gasteiger partial charge in [-0.2, -0.15) is 0 Å². The molecule has 0 fully saturated rings. The van der Waals surface area contributed by atoms with Crippen molar-refractivity contribution in [2.24, 2.45) is 0 Å². The van der Waals surface area contributed by atoms with Crippen molar-refractivity contribution in [2.75, 3.05) is 0 Å². The Morgan fingerprint density at radius 3 is 2.78 bits per heavy atom. The van der Waals surface area contributed by atoms with Gasteiger partial charge in [0.25, 0.3) is 0 Å². The molecule has 0 bridgehead atoms. The molecule has 9 heavy (non-hydrogen) atoms. The molecule has 0 amide bonds. The first-order valence-electron chi connectivity index (χ1n) is 2.91. The summed E-state index contributed by atoms with van der Waals surface area (Å²) in [4.78, 5) is 0. The van der Waals surface area contributed by atoms with Crippen molar-refractivity contribution in [1.29, 1.82) is 0 Å². The Morgan fingerprint density at radius 1 is 1.56 bits per heavy atom. The third-order valence-corrected chi connectivity index (χ3v) is 1.22. The van der Waals surface area contributed by atoms with E-state index < -0.39 is 0 Å². The lowest BCUT2D eigenvalue weighted by Gasteiger charge is -1.93. The summed E-state index contributed by atoms with van der Waals surface area (Å²) >= 11 is 0. The number of aryl methyl sites for hydroxylation is 1. The average molecular weight is 121 g/mol. The molecule has 1 heteroatoms. The minimum atomic E-state index is 0.108. The van der Waals surface area contributed by atoms with Crippen molar-refractivity contribution in [3.63, 3.8) is 0 Å². The van der Waals surface area contributed by atoms with E-state index in [-0.39, 0.29) is 6.61 Å². The van der Waals surface area contributed by atoms with E-state index in [9.17, 15) is 0 Å². The van der Waals surface area contributed by atoms with Crippen molar-refractivity contribution < 1.29 is 5.11 Å². The van der Waals surface area contributed by atoms with E-state index in [1.807, 2.05) is 19.1 Å². The molecule has 0 aliphatic heterocycles. The van der Waals surface area contributed by atoms with Crippen LogP contribution in [0.15, 0.2) is 18.2 Å². The van der Waals surface area contributed by atoms with E-state index in [4.69, 9.17) is 5.11 Å². The zero-order valence-corrected chi connectivity index (χ0v) is 5.39. The zero-order valence-electron chi connectivity index (χ0n) is 5.39. The van der Waals surface area contributed by atoms with Crippen LogP contribution in [0.4, 0.5) is 0 Å². The van der Waals surface area contributed by atoms with E-state index in [1.165, 1.54) is 0 Å². The Bertz CT molecular complexity index is 176. The van der Waals surface area contributed by atoms with Gasteiger partial charge in [0.1, 0.15) is 0 Å². The van der Waals surface area contributed by atoms with Crippen LogP contribution in [0.25, 0.3) is 0 Å². The maximum atomic E-state index is 8.61. The molecule has 1 nitrogen and oxygen atoms in total. The van der Waals surface area contributed by atoms with Crippen molar-refractivity contribution in [3.8, 4) is 0 Å². The lowest BCUT2D eigenvalue weighted by Crippen LogP contribution is -1.81. The number of aliphatic hydroxyl groups is 1. The standard InChI is InChI=1S/C8H9O/c1-7-2-4-8(6-9)5-3-7/h2,4-5,9H,6H2,1H3. The summed E-state index contributed by atoms with van der Waals surface area (Å²) < 4.78 is 0. The Hall–Kier alpha value is -0.820. The highest BCUT2D eigenvalue weighted by Gasteiger charge is 1.86. The van der Waals surface area contributed by atoms with Gasteiger partial charge < -0.3 is 5.11 Å². The summed E-state index contributed by atoms with van der Waals surface area (Å²) in [6, 6.07) is 8.62. The molecular weight excluding hydrogens is 112 g/mol. The van der Waals surface area contributed by atoms with Gasteiger partial charge in [0.05, 0.1) is 6.61 Å². The van der Waals surface area contributed by atoms with E-state index in [1.54, 1.807) is 6.07 Å². The normalized spacial score (nSPS) is 9.56. The molecule has 0 spiro atoms. The predicted octanol–water partition coefficient (Wildman–Crippen LogP) is 1.29. The second-order valence-electron chi connectivity index (χ2n) is 2.04. The number of rotatable bonds is 1. The Kier molecular flexibility index (Phi) is 1.85. The second kappa shape index (κ2) is 2.65. The summed E-state index contributed by atoms with van der Waals surface area (Å²) in [7, 11) is 0. The molecule has 0 heterocycles. The molecule has 1 rings (SSSR count). The first-order chi connectivity index (χ1) is 4.33. The van der Waals surface area contributed by atoms with Gasteiger partial charge in [0.15, 0.2) is 0 Å². The molecule has 1 aromatic carbocycles. The van der Waals surface area contributed by atoms with Crippen LogP contribution in [-0.2, 0) is 6.61 Å². The van der Waals surface area contributed by atoms with Crippen LogP contribution < -0.4 is 0 Å². The van der Waals surface area contributed by atoms with Crippen molar-refractivity contribution in [1.82, 2.24) is 0 Å². The maximum absolute atomic E-state index is 8.61. The van der Waals surface area contributed by atoms with Crippen LogP contribution in [0.1, 0.15) is 11.1 Å². The van der Waals surface area contributed by atoms with Gasteiger partial charge in [0.2, 0.25) is 0 Å². The van der Waals surface area contributed by atoms with Crippen LogP contribution in [0.3, 0.4) is 0 Å². The topological polar surface area (TPSA) is 20.2 Å². The zero-order chi connectivity index (χ0) is 6.69. The highest BCUT2D eigenvalue weighted by Crippen LogP contribution is 2.00. The first-order valence-corrected chi connectivity index (χ1v) is 2.91. The fourth-order valence-electron chi connectivity index (χ4n) is 0.633. The first kappa shape index (κ1) is 6.30. The number of hydrogen-bond donors (Lipinski definition) is 1. The molecule has 1 radical (unpaired) electrons. The molecule has 0 unspecified atom stereocenters. The summed E-state index contributed by atoms with van der Waals surface area (Å²) in [6.45, 7) is 2.08. The molecule has 0 atom stereocenters. The number of aliphatic hydroxyl groups excluding tert-OH is 1. The molecular formula is C8H9O. The van der Waals surface area contributed by atoms with Crippen molar-refractivity contribution >= 4 is 0 Å². The van der Waals surface area contributed by atoms with Crippen LogP contribution in [0.2, 0.25) is 0 Å².